The van der Waals surface area contributed by atoms with E-state index in [1.807, 2.05) is 30.3 Å². The zero-order valence-corrected chi connectivity index (χ0v) is 15.6. The van der Waals surface area contributed by atoms with E-state index >= 15 is 0 Å². The van der Waals surface area contributed by atoms with Gasteiger partial charge in [-0.05, 0) is 43.0 Å². The van der Waals surface area contributed by atoms with Crippen molar-refractivity contribution in [3.8, 4) is 0 Å². The number of fused-ring (bicyclic) bond motifs is 1. The molecule has 0 unspecified atom stereocenters. The summed E-state index contributed by atoms with van der Waals surface area (Å²) in [6, 6.07) is 14.6. The molecule has 1 aliphatic carbocycles. The van der Waals surface area contributed by atoms with E-state index in [0.717, 1.165) is 17.7 Å². The standard InChI is InChI=1S/C22H18F3N3O/c1-13-20-18(10-15(11-19(20)29)14-6-3-2-4-7-14)28-21(26-13)27-17-9-5-8-16(12-17)22(23,24)25/h2-9,12,15H,10-11H2,1H3,(H,26,27,28)/t15-/m1/s1. The number of nitrogens with one attached hydrogen (secondary N) is 1. The number of benzene rings is 2. The molecule has 7 heteroatoms. The van der Waals surface area contributed by atoms with E-state index in [1.54, 1.807) is 6.92 Å². The molecule has 0 saturated heterocycles. The van der Waals surface area contributed by atoms with E-state index in [9.17, 15) is 18.0 Å². The molecule has 1 aromatic heterocycles. The molecule has 4 nitrogen and oxygen atoms in total. The van der Waals surface area contributed by atoms with Crippen LogP contribution >= 0.6 is 0 Å². The molecule has 0 radical (unpaired) electrons. The van der Waals surface area contributed by atoms with Crippen LogP contribution in [0.2, 0.25) is 0 Å². The number of ketones is 1. The fourth-order valence-corrected chi connectivity index (χ4v) is 3.69. The summed E-state index contributed by atoms with van der Waals surface area (Å²) in [5.41, 5.74) is 2.22. The summed E-state index contributed by atoms with van der Waals surface area (Å²) in [4.78, 5) is 21.4. The fraction of sp³-hybridized carbons (Fsp3) is 0.227. The van der Waals surface area contributed by atoms with E-state index in [1.165, 1.54) is 12.1 Å². The van der Waals surface area contributed by atoms with Crippen LogP contribution in [0.5, 0.6) is 0 Å². The van der Waals surface area contributed by atoms with Gasteiger partial charge in [-0.3, -0.25) is 4.79 Å². The minimum Gasteiger partial charge on any atom is -0.324 e. The van der Waals surface area contributed by atoms with Crippen LogP contribution in [0.3, 0.4) is 0 Å². The van der Waals surface area contributed by atoms with Gasteiger partial charge in [-0.1, -0.05) is 36.4 Å². The Hall–Kier alpha value is -3.22. The van der Waals surface area contributed by atoms with Crippen molar-refractivity contribution in [2.75, 3.05) is 5.32 Å². The zero-order chi connectivity index (χ0) is 20.6. The van der Waals surface area contributed by atoms with E-state index in [2.05, 4.69) is 15.3 Å². The van der Waals surface area contributed by atoms with Crippen LogP contribution < -0.4 is 5.32 Å². The highest BCUT2D eigenvalue weighted by Crippen LogP contribution is 2.34. The number of carbonyl (C=O) groups is 1. The summed E-state index contributed by atoms with van der Waals surface area (Å²) in [5.74, 6) is 0.192. The minimum absolute atomic E-state index is 0.0109. The van der Waals surface area contributed by atoms with Crippen LogP contribution in [0, 0.1) is 6.92 Å². The van der Waals surface area contributed by atoms with Crippen LogP contribution in [0.1, 0.15) is 45.2 Å². The minimum atomic E-state index is -4.43. The summed E-state index contributed by atoms with van der Waals surface area (Å²) in [5, 5.41) is 2.84. The van der Waals surface area contributed by atoms with Crippen molar-refractivity contribution in [3.05, 3.63) is 82.7 Å². The number of hydrogen-bond acceptors (Lipinski definition) is 4. The fourth-order valence-electron chi connectivity index (χ4n) is 3.69. The number of nitrogens with zero attached hydrogens (tertiary/aromatic N) is 2. The molecular weight excluding hydrogens is 379 g/mol. The first-order valence-corrected chi connectivity index (χ1v) is 9.21. The Bertz CT molecular complexity index is 1060. The van der Waals surface area contributed by atoms with E-state index in [-0.39, 0.29) is 23.3 Å². The second-order valence-electron chi connectivity index (χ2n) is 7.10. The van der Waals surface area contributed by atoms with Crippen molar-refractivity contribution < 1.29 is 18.0 Å². The SMILES string of the molecule is Cc1nc(Nc2cccc(C(F)(F)F)c2)nc2c1C(=O)C[C@H](c1ccccc1)C2. The molecule has 0 fully saturated rings. The third-order valence-electron chi connectivity index (χ3n) is 5.03. The monoisotopic (exact) mass is 397 g/mol. The molecule has 3 aromatic rings. The van der Waals surface area contributed by atoms with Crippen LogP contribution in [-0.2, 0) is 12.6 Å². The second-order valence-corrected chi connectivity index (χ2v) is 7.10. The van der Waals surface area contributed by atoms with Crippen molar-refractivity contribution in [1.82, 2.24) is 9.97 Å². The molecule has 4 rings (SSSR count). The highest BCUT2D eigenvalue weighted by Gasteiger charge is 2.31. The lowest BCUT2D eigenvalue weighted by Crippen LogP contribution is -2.22. The lowest BCUT2D eigenvalue weighted by Gasteiger charge is -2.24. The molecule has 1 heterocycles. The van der Waals surface area contributed by atoms with Crippen molar-refractivity contribution in [1.29, 1.82) is 0 Å². The maximum absolute atomic E-state index is 12.9. The van der Waals surface area contributed by atoms with Crippen molar-refractivity contribution in [3.63, 3.8) is 0 Å². The summed E-state index contributed by atoms with van der Waals surface area (Å²) in [6.07, 6.45) is -3.47. The molecule has 0 saturated carbocycles. The van der Waals surface area contributed by atoms with Gasteiger partial charge >= 0.3 is 6.18 Å². The number of aromatic nitrogens is 2. The van der Waals surface area contributed by atoms with Gasteiger partial charge in [-0.25, -0.2) is 9.97 Å². The first-order chi connectivity index (χ1) is 13.8. The zero-order valence-electron chi connectivity index (χ0n) is 15.6. The predicted molar refractivity (Wildman–Crippen MR) is 103 cm³/mol. The lowest BCUT2D eigenvalue weighted by molar-refractivity contribution is -0.137. The van der Waals surface area contributed by atoms with E-state index < -0.39 is 11.7 Å². The number of aryl methyl sites for hydroxylation is 1. The molecule has 2 aromatic carbocycles. The van der Waals surface area contributed by atoms with Crippen molar-refractivity contribution in [2.45, 2.75) is 31.9 Å². The van der Waals surface area contributed by atoms with Gasteiger partial charge in [0.2, 0.25) is 5.95 Å². The average molecular weight is 397 g/mol. The number of Topliss-reactive ketones (excluding diaryl/α,β-unsaturated/α-hetero) is 1. The number of carbonyl (C=O) groups excluding carboxylic acids is 1. The molecule has 0 amide bonds. The first kappa shape index (κ1) is 19.1. The molecular formula is C22H18F3N3O. The Morgan fingerprint density at radius 1 is 1.00 bits per heavy atom. The molecule has 29 heavy (non-hydrogen) atoms. The highest BCUT2D eigenvalue weighted by atomic mass is 19.4. The van der Waals surface area contributed by atoms with Gasteiger partial charge in [0.15, 0.2) is 5.78 Å². The van der Waals surface area contributed by atoms with E-state index in [4.69, 9.17) is 0 Å². The normalized spacial score (nSPS) is 16.4. The molecule has 0 aliphatic heterocycles. The van der Waals surface area contributed by atoms with Gasteiger partial charge < -0.3 is 5.32 Å². The Balaban J connectivity index is 1.65. The van der Waals surface area contributed by atoms with Gasteiger partial charge in [0.25, 0.3) is 0 Å². The van der Waals surface area contributed by atoms with Crippen molar-refractivity contribution >= 4 is 17.4 Å². The second kappa shape index (κ2) is 7.31. The Labute approximate surface area is 165 Å². The summed E-state index contributed by atoms with van der Waals surface area (Å²) < 4.78 is 38.8. The molecule has 1 atom stereocenters. The third kappa shape index (κ3) is 3.99. The summed E-state index contributed by atoms with van der Waals surface area (Å²) in [6.45, 7) is 1.72. The molecule has 1 aliphatic rings. The summed E-state index contributed by atoms with van der Waals surface area (Å²) in [7, 11) is 0. The predicted octanol–water partition coefficient (Wildman–Crippen LogP) is 5.46. The number of alkyl halides is 3. The van der Waals surface area contributed by atoms with Crippen molar-refractivity contribution in [2.24, 2.45) is 0 Å². The Morgan fingerprint density at radius 2 is 1.76 bits per heavy atom. The van der Waals surface area contributed by atoms with Crippen LogP contribution in [0.25, 0.3) is 0 Å². The van der Waals surface area contributed by atoms with E-state index in [0.29, 0.717) is 29.8 Å². The quantitative estimate of drug-likeness (QED) is 0.638. The molecule has 1 N–H and O–H groups in total. The average Bonchev–Trinajstić information content (AvgIpc) is 2.67. The highest BCUT2D eigenvalue weighted by molar-refractivity contribution is 5.99. The van der Waals surface area contributed by atoms with Gasteiger partial charge in [0.1, 0.15) is 0 Å². The smallest absolute Gasteiger partial charge is 0.324 e. The summed E-state index contributed by atoms with van der Waals surface area (Å²) >= 11 is 0. The number of anilines is 2. The Kier molecular flexibility index (Phi) is 4.82. The topological polar surface area (TPSA) is 54.9 Å². The van der Waals surface area contributed by atoms with Crippen LogP contribution in [0.4, 0.5) is 24.8 Å². The third-order valence-corrected chi connectivity index (χ3v) is 5.03. The van der Waals surface area contributed by atoms with Gasteiger partial charge in [-0.2, -0.15) is 13.2 Å². The maximum Gasteiger partial charge on any atom is 0.416 e. The molecule has 0 spiro atoms. The first-order valence-electron chi connectivity index (χ1n) is 9.21. The molecule has 148 valence electrons. The lowest BCUT2D eigenvalue weighted by atomic mass is 9.81. The van der Waals surface area contributed by atoms with Gasteiger partial charge in [0, 0.05) is 12.1 Å². The number of halogens is 3. The van der Waals surface area contributed by atoms with Gasteiger partial charge in [0.05, 0.1) is 22.5 Å². The maximum atomic E-state index is 12.9. The number of hydrogen-bond donors (Lipinski definition) is 1. The molecule has 0 bridgehead atoms. The largest absolute Gasteiger partial charge is 0.416 e. The van der Waals surface area contributed by atoms with Crippen LogP contribution in [0.15, 0.2) is 54.6 Å². The van der Waals surface area contributed by atoms with Gasteiger partial charge in [-0.15, -0.1) is 0 Å². The number of rotatable bonds is 3. The Morgan fingerprint density at radius 3 is 2.48 bits per heavy atom. The van der Waals surface area contributed by atoms with Crippen LogP contribution in [-0.4, -0.2) is 15.8 Å².